The molecule has 0 spiro atoms. The second-order valence-electron chi connectivity index (χ2n) is 6.42. The number of urea groups is 1. The summed E-state index contributed by atoms with van der Waals surface area (Å²) in [5.74, 6) is -0.111. The van der Waals surface area contributed by atoms with Gasteiger partial charge in [-0.2, -0.15) is 0 Å². The number of aromatic nitrogens is 3. The van der Waals surface area contributed by atoms with Gasteiger partial charge < -0.3 is 4.90 Å². The van der Waals surface area contributed by atoms with E-state index in [0.717, 1.165) is 24.1 Å². The van der Waals surface area contributed by atoms with E-state index in [9.17, 15) is 9.59 Å². The molecule has 1 aliphatic heterocycles. The highest BCUT2D eigenvalue weighted by Gasteiger charge is 2.50. The second kappa shape index (κ2) is 5.43. The Hall–Kier alpha value is -2.70. The summed E-state index contributed by atoms with van der Waals surface area (Å²) in [6, 6.07) is 7.09. The van der Waals surface area contributed by atoms with Crippen LogP contribution < -0.4 is 0 Å². The Morgan fingerprint density at radius 2 is 1.88 bits per heavy atom. The average molecular weight is 325 g/mol. The van der Waals surface area contributed by atoms with Crippen LogP contribution in [0.15, 0.2) is 36.7 Å². The number of carbonyl (C=O) groups excluding carboxylic acids is 2. The van der Waals surface area contributed by atoms with Crippen molar-refractivity contribution in [3.8, 4) is 5.69 Å². The van der Waals surface area contributed by atoms with Gasteiger partial charge in [-0.1, -0.05) is 17.3 Å². The molecule has 4 rings (SSSR count). The predicted octanol–water partition coefficient (Wildman–Crippen LogP) is 2.14. The Labute approximate surface area is 139 Å². The number of benzene rings is 1. The summed E-state index contributed by atoms with van der Waals surface area (Å²) >= 11 is 0. The lowest BCUT2D eigenvalue weighted by Crippen LogP contribution is -2.36. The van der Waals surface area contributed by atoms with Gasteiger partial charge in [-0.15, -0.1) is 5.10 Å². The quantitative estimate of drug-likeness (QED) is 0.808. The molecule has 0 N–H and O–H groups in total. The third-order valence-corrected chi connectivity index (χ3v) is 4.83. The molecule has 1 saturated carbocycles. The van der Waals surface area contributed by atoms with Crippen molar-refractivity contribution in [3.05, 3.63) is 42.2 Å². The van der Waals surface area contributed by atoms with Crippen molar-refractivity contribution in [1.29, 1.82) is 0 Å². The number of nitrogens with zero attached hydrogens (tertiary/aromatic N) is 5. The molecule has 2 heterocycles. The van der Waals surface area contributed by atoms with Crippen molar-refractivity contribution in [1.82, 2.24) is 24.8 Å². The lowest BCUT2D eigenvalue weighted by molar-refractivity contribution is -0.129. The fourth-order valence-electron chi connectivity index (χ4n) is 3.29. The molecule has 124 valence electrons. The number of imide groups is 1. The fraction of sp³-hybridized carbons (Fsp3) is 0.412. The smallest absolute Gasteiger partial charge is 0.310 e. The molecule has 7 heteroatoms. The molecule has 1 aromatic heterocycles. The van der Waals surface area contributed by atoms with Gasteiger partial charge in [0, 0.05) is 6.04 Å². The molecule has 2 fully saturated rings. The minimum Gasteiger partial charge on any atom is -0.310 e. The summed E-state index contributed by atoms with van der Waals surface area (Å²) in [5, 5.41) is 7.74. The zero-order valence-corrected chi connectivity index (χ0v) is 13.7. The highest BCUT2D eigenvalue weighted by molar-refractivity contribution is 6.04. The van der Waals surface area contributed by atoms with Gasteiger partial charge in [-0.05, 0) is 44.4 Å². The summed E-state index contributed by atoms with van der Waals surface area (Å²) in [4.78, 5) is 28.4. The van der Waals surface area contributed by atoms with Gasteiger partial charge in [0.2, 0.25) is 0 Å². The summed E-state index contributed by atoms with van der Waals surface area (Å²) in [7, 11) is 0. The van der Waals surface area contributed by atoms with Crippen LogP contribution in [0.4, 0.5) is 4.79 Å². The molecular formula is C17H19N5O2. The maximum Gasteiger partial charge on any atom is 0.328 e. The first kappa shape index (κ1) is 14.9. The predicted molar refractivity (Wildman–Crippen MR) is 86.3 cm³/mol. The zero-order valence-electron chi connectivity index (χ0n) is 13.7. The summed E-state index contributed by atoms with van der Waals surface area (Å²) < 4.78 is 1.66. The molecule has 2 aliphatic rings. The van der Waals surface area contributed by atoms with Crippen LogP contribution in [-0.4, -0.2) is 48.8 Å². The van der Waals surface area contributed by atoms with E-state index < -0.39 is 0 Å². The van der Waals surface area contributed by atoms with Crippen LogP contribution in [0.25, 0.3) is 5.69 Å². The molecule has 7 nitrogen and oxygen atoms in total. The summed E-state index contributed by atoms with van der Waals surface area (Å²) in [5.41, 5.74) is 1.81. The van der Waals surface area contributed by atoms with Gasteiger partial charge in [0.05, 0.1) is 24.1 Å². The van der Waals surface area contributed by atoms with Crippen molar-refractivity contribution in [2.24, 2.45) is 0 Å². The third kappa shape index (κ3) is 2.28. The molecule has 2 unspecified atom stereocenters. The Balaban J connectivity index is 1.58. The van der Waals surface area contributed by atoms with Gasteiger partial charge in [-0.3, -0.25) is 9.69 Å². The van der Waals surface area contributed by atoms with Crippen LogP contribution in [-0.2, 0) is 4.79 Å². The molecule has 0 radical (unpaired) electrons. The van der Waals surface area contributed by atoms with Gasteiger partial charge in [0.25, 0.3) is 5.91 Å². The number of amides is 3. The highest BCUT2D eigenvalue weighted by Crippen LogP contribution is 2.36. The van der Waals surface area contributed by atoms with E-state index in [4.69, 9.17) is 0 Å². The van der Waals surface area contributed by atoms with Crippen molar-refractivity contribution in [2.45, 2.75) is 44.8 Å². The number of carbonyl (C=O) groups is 2. The molecule has 1 saturated heterocycles. The maximum absolute atomic E-state index is 12.7. The molecule has 1 aromatic carbocycles. The monoisotopic (exact) mass is 325 g/mol. The standard InChI is InChI=1S/C17H19N5O2/c1-11(13-3-5-14(6-4-13)20-10-9-18-19-20)22-16(23)12(2)21(17(22)24)15-7-8-15/h3-6,9-12,15H,7-8H2,1-2H3. The van der Waals surface area contributed by atoms with Crippen LogP contribution in [0.2, 0.25) is 0 Å². The van der Waals surface area contributed by atoms with Crippen LogP contribution in [0.5, 0.6) is 0 Å². The average Bonchev–Trinajstić information content (AvgIpc) is 3.20. The highest BCUT2D eigenvalue weighted by atomic mass is 16.2. The second-order valence-corrected chi connectivity index (χ2v) is 6.42. The van der Waals surface area contributed by atoms with Crippen molar-refractivity contribution >= 4 is 11.9 Å². The number of hydrogen-bond acceptors (Lipinski definition) is 4. The fourth-order valence-corrected chi connectivity index (χ4v) is 3.29. The Morgan fingerprint density at radius 3 is 2.46 bits per heavy atom. The van der Waals surface area contributed by atoms with Gasteiger partial charge >= 0.3 is 6.03 Å². The van der Waals surface area contributed by atoms with E-state index in [2.05, 4.69) is 10.3 Å². The maximum atomic E-state index is 12.7. The first-order valence-electron chi connectivity index (χ1n) is 8.20. The Kier molecular flexibility index (Phi) is 3.37. The van der Waals surface area contributed by atoms with Crippen LogP contribution in [0.1, 0.15) is 38.3 Å². The van der Waals surface area contributed by atoms with E-state index in [0.29, 0.717) is 0 Å². The van der Waals surface area contributed by atoms with Crippen molar-refractivity contribution in [2.75, 3.05) is 0 Å². The van der Waals surface area contributed by atoms with E-state index in [1.807, 2.05) is 38.1 Å². The Morgan fingerprint density at radius 1 is 1.17 bits per heavy atom. The molecular weight excluding hydrogens is 306 g/mol. The minimum atomic E-state index is -0.359. The zero-order chi connectivity index (χ0) is 16.8. The minimum absolute atomic E-state index is 0.111. The van der Waals surface area contributed by atoms with E-state index in [1.165, 1.54) is 4.90 Å². The van der Waals surface area contributed by atoms with Crippen molar-refractivity contribution in [3.63, 3.8) is 0 Å². The Bertz CT molecular complexity index is 767. The molecule has 2 atom stereocenters. The topological polar surface area (TPSA) is 71.3 Å². The molecule has 1 aliphatic carbocycles. The molecule has 3 amide bonds. The van der Waals surface area contributed by atoms with Gasteiger partial charge in [0.15, 0.2) is 0 Å². The van der Waals surface area contributed by atoms with E-state index >= 15 is 0 Å². The lowest BCUT2D eigenvalue weighted by Gasteiger charge is -2.23. The molecule has 24 heavy (non-hydrogen) atoms. The molecule has 0 bridgehead atoms. The number of hydrogen-bond donors (Lipinski definition) is 0. The van der Waals surface area contributed by atoms with Crippen LogP contribution in [0.3, 0.4) is 0 Å². The van der Waals surface area contributed by atoms with E-state index in [-0.39, 0.29) is 30.1 Å². The summed E-state index contributed by atoms with van der Waals surface area (Å²) in [6.45, 7) is 3.71. The SMILES string of the molecule is CC(c1ccc(-n2ccnn2)cc1)N1C(=O)C(C)N(C2CC2)C1=O. The normalized spacial score (nSPS) is 22.3. The van der Waals surface area contributed by atoms with Crippen LogP contribution >= 0.6 is 0 Å². The summed E-state index contributed by atoms with van der Waals surface area (Å²) in [6.07, 6.45) is 5.38. The first-order valence-corrected chi connectivity index (χ1v) is 8.20. The largest absolute Gasteiger partial charge is 0.328 e. The van der Waals surface area contributed by atoms with Crippen molar-refractivity contribution < 1.29 is 9.59 Å². The van der Waals surface area contributed by atoms with E-state index in [1.54, 1.807) is 22.0 Å². The lowest BCUT2D eigenvalue weighted by atomic mass is 10.1. The van der Waals surface area contributed by atoms with Gasteiger partial charge in [-0.25, -0.2) is 9.48 Å². The number of rotatable bonds is 4. The molecule has 2 aromatic rings. The van der Waals surface area contributed by atoms with Crippen LogP contribution in [0, 0.1) is 0 Å². The first-order chi connectivity index (χ1) is 11.6. The third-order valence-electron chi connectivity index (χ3n) is 4.83. The van der Waals surface area contributed by atoms with Gasteiger partial charge in [0.1, 0.15) is 6.04 Å².